The van der Waals surface area contributed by atoms with Gasteiger partial charge in [-0.15, -0.1) is 0 Å². The lowest BCUT2D eigenvalue weighted by Crippen LogP contribution is -2.31. The van der Waals surface area contributed by atoms with E-state index in [-0.39, 0.29) is 0 Å². The molecule has 1 fully saturated rings. The molecular weight excluding hydrogens is 320 g/mol. The second kappa shape index (κ2) is 7.56. The smallest absolute Gasteiger partial charge is 0.227 e. The van der Waals surface area contributed by atoms with Crippen molar-refractivity contribution in [2.24, 2.45) is 0 Å². The van der Waals surface area contributed by atoms with E-state index in [4.69, 9.17) is 9.97 Å². The first-order valence-corrected chi connectivity index (χ1v) is 9.32. The summed E-state index contributed by atoms with van der Waals surface area (Å²) in [4.78, 5) is 12.0. The zero-order valence-electron chi connectivity index (χ0n) is 15.2. The number of para-hydroxylation sites is 1. The third-order valence-electron chi connectivity index (χ3n) is 4.83. The van der Waals surface area contributed by atoms with Crippen molar-refractivity contribution < 1.29 is 0 Å². The average molecular weight is 344 g/mol. The van der Waals surface area contributed by atoms with Crippen molar-refractivity contribution in [3.8, 4) is 11.3 Å². The summed E-state index contributed by atoms with van der Waals surface area (Å²) in [7, 11) is 0. The molecule has 0 unspecified atom stereocenters. The molecule has 2 aromatic carbocycles. The van der Waals surface area contributed by atoms with Gasteiger partial charge in [-0.1, -0.05) is 48.5 Å². The van der Waals surface area contributed by atoms with E-state index in [1.54, 1.807) is 0 Å². The van der Waals surface area contributed by atoms with Crippen molar-refractivity contribution in [2.75, 3.05) is 23.3 Å². The molecule has 4 nitrogen and oxygen atoms in total. The van der Waals surface area contributed by atoms with Gasteiger partial charge in [0.05, 0.1) is 5.69 Å². The van der Waals surface area contributed by atoms with Gasteiger partial charge < -0.3 is 10.2 Å². The Morgan fingerprint density at radius 1 is 0.846 bits per heavy atom. The predicted octanol–water partition coefficient (Wildman–Crippen LogP) is 5.19. The van der Waals surface area contributed by atoms with Crippen LogP contribution in [0.25, 0.3) is 11.3 Å². The van der Waals surface area contributed by atoms with Crippen molar-refractivity contribution in [1.82, 2.24) is 9.97 Å². The molecule has 2 heterocycles. The van der Waals surface area contributed by atoms with Crippen LogP contribution in [-0.2, 0) is 0 Å². The number of aryl methyl sites for hydroxylation is 1. The first-order chi connectivity index (χ1) is 12.8. The molecule has 26 heavy (non-hydrogen) atoms. The third-order valence-corrected chi connectivity index (χ3v) is 4.83. The zero-order chi connectivity index (χ0) is 17.8. The van der Waals surface area contributed by atoms with E-state index >= 15 is 0 Å². The van der Waals surface area contributed by atoms with Gasteiger partial charge in [-0.05, 0) is 37.8 Å². The Morgan fingerprint density at radius 2 is 1.58 bits per heavy atom. The molecule has 0 saturated carbocycles. The number of benzene rings is 2. The van der Waals surface area contributed by atoms with E-state index in [2.05, 4.69) is 47.5 Å². The standard InChI is InChI=1S/C22H24N4/c1-17-10-6-7-13-19(17)23-21-16-20(18-11-4-2-5-12-18)24-22(25-21)26-14-8-3-9-15-26/h2,4-7,10-13,16H,3,8-9,14-15H2,1H3,(H,23,24,25). The molecule has 0 bridgehead atoms. The van der Waals surface area contributed by atoms with Crippen LogP contribution in [0.5, 0.6) is 0 Å². The summed E-state index contributed by atoms with van der Waals surface area (Å²) in [6.07, 6.45) is 3.71. The molecule has 3 aromatic rings. The Bertz CT molecular complexity index is 870. The average Bonchev–Trinajstić information content (AvgIpc) is 2.71. The molecule has 1 N–H and O–H groups in total. The van der Waals surface area contributed by atoms with Gasteiger partial charge in [0, 0.05) is 30.4 Å². The summed E-state index contributed by atoms with van der Waals surface area (Å²) in [5.41, 5.74) is 4.35. The maximum Gasteiger partial charge on any atom is 0.227 e. The third kappa shape index (κ3) is 3.69. The molecule has 132 valence electrons. The van der Waals surface area contributed by atoms with Gasteiger partial charge in [0.1, 0.15) is 5.82 Å². The molecule has 4 rings (SSSR count). The highest BCUT2D eigenvalue weighted by atomic mass is 15.3. The maximum atomic E-state index is 4.87. The van der Waals surface area contributed by atoms with Gasteiger partial charge >= 0.3 is 0 Å². The monoisotopic (exact) mass is 344 g/mol. The van der Waals surface area contributed by atoms with E-state index in [1.807, 2.05) is 30.3 Å². The zero-order valence-corrected chi connectivity index (χ0v) is 15.2. The minimum atomic E-state index is 0.821. The molecule has 0 atom stereocenters. The number of hydrogen-bond donors (Lipinski definition) is 1. The van der Waals surface area contributed by atoms with Crippen molar-refractivity contribution in [3.05, 3.63) is 66.2 Å². The van der Waals surface area contributed by atoms with Crippen molar-refractivity contribution in [3.63, 3.8) is 0 Å². The number of aromatic nitrogens is 2. The lowest BCUT2D eigenvalue weighted by atomic mass is 10.1. The summed E-state index contributed by atoms with van der Waals surface area (Å²) in [5, 5.41) is 3.48. The van der Waals surface area contributed by atoms with E-state index < -0.39 is 0 Å². The van der Waals surface area contributed by atoms with Crippen LogP contribution in [0.4, 0.5) is 17.5 Å². The lowest BCUT2D eigenvalue weighted by Gasteiger charge is -2.27. The van der Waals surface area contributed by atoms with Crippen molar-refractivity contribution in [1.29, 1.82) is 0 Å². The van der Waals surface area contributed by atoms with Crippen LogP contribution >= 0.6 is 0 Å². The molecule has 0 aliphatic carbocycles. The molecular formula is C22H24N4. The molecule has 0 spiro atoms. The van der Waals surface area contributed by atoms with Crippen LogP contribution in [0.2, 0.25) is 0 Å². The van der Waals surface area contributed by atoms with Crippen molar-refractivity contribution >= 4 is 17.5 Å². The van der Waals surface area contributed by atoms with E-state index in [0.717, 1.165) is 41.8 Å². The molecule has 1 aromatic heterocycles. The van der Waals surface area contributed by atoms with Gasteiger partial charge in [0.15, 0.2) is 0 Å². The van der Waals surface area contributed by atoms with Gasteiger partial charge in [-0.3, -0.25) is 0 Å². The Morgan fingerprint density at radius 3 is 2.35 bits per heavy atom. The molecule has 0 radical (unpaired) electrons. The first kappa shape index (κ1) is 16.6. The lowest BCUT2D eigenvalue weighted by molar-refractivity contribution is 0.568. The fraction of sp³-hybridized carbons (Fsp3) is 0.273. The summed E-state index contributed by atoms with van der Waals surface area (Å²) < 4.78 is 0. The highest BCUT2D eigenvalue weighted by molar-refractivity contribution is 5.68. The van der Waals surface area contributed by atoms with Gasteiger partial charge in [-0.25, -0.2) is 4.98 Å². The molecule has 4 heteroatoms. The van der Waals surface area contributed by atoms with Crippen LogP contribution in [-0.4, -0.2) is 23.1 Å². The second-order valence-corrected chi connectivity index (χ2v) is 6.79. The van der Waals surface area contributed by atoms with Crippen LogP contribution in [0, 0.1) is 6.92 Å². The van der Waals surface area contributed by atoms with Gasteiger partial charge in [-0.2, -0.15) is 4.98 Å². The number of nitrogens with zero attached hydrogens (tertiary/aromatic N) is 3. The molecule has 1 saturated heterocycles. The van der Waals surface area contributed by atoms with Gasteiger partial charge in [0.2, 0.25) is 5.95 Å². The van der Waals surface area contributed by atoms with Crippen LogP contribution in [0.15, 0.2) is 60.7 Å². The maximum absolute atomic E-state index is 4.87. The van der Waals surface area contributed by atoms with Crippen LogP contribution < -0.4 is 10.2 Å². The Hall–Kier alpha value is -2.88. The molecule has 1 aliphatic rings. The molecule has 0 amide bonds. The number of nitrogens with one attached hydrogen (secondary N) is 1. The highest BCUT2D eigenvalue weighted by Gasteiger charge is 2.16. The molecule has 1 aliphatic heterocycles. The Labute approximate surface area is 154 Å². The largest absolute Gasteiger partial charge is 0.341 e. The highest BCUT2D eigenvalue weighted by Crippen LogP contribution is 2.27. The van der Waals surface area contributed by atoms with Crippen LogP contribution in [0.1, 0.15) is 24.8 Å². The predicted molar refractivity (Wildman–Crippen MR) is 108 cm³/mol. The minimum absolute atomic E-state index is 0.821. The van der Waals surface area contributed by atoms with Crippen molar-refractivity contribution in [2.45, 2.75) is 26.2 Å². The number of piperidine rings is 1. The number of rotatable bonds is 4. The van der Waals surface area contributed by atoms with E-state index in [1.165, 1.54) is 24.8 Å². The minimum Gasteiger partial charge on any atom is -0.341 e. The number of hydrogen-bond acceptors (Lipinski definition) is 4. The number of anilines is 3. The second-order valence-electron chi connectivity index (χ2n) is 6.79. The summed E-state index contributed by atoms with van der Waals surface area (Å²) in [6, 6.07) is 20.6. The van der Waals surface area contributed by atoms with E-state index in [0.29, 0.717) is 0 Å². The normalized spacial score (nSPS) is 14.3. The summed E-state index contributed by atoms with van der Waals surface area (Å²) >= 11 is 0. The van der Waals surface area contributed by atoms with E-state index in [9.17, 15) is 0 Å². The fourth-order valence-electron chi connectivity index (χ4n) is 3.34. The first-order valence-electron chi connectivity index (χ1n) is 9.32. The van der Waals surface area contributed by atoms with Crippen LogP contribution in [0.3, 0.4) is 0 Å². The quantitative estimate of drug-likeness (QED) is 0.707. The Balaban J connectivity index is 1.73. The fourth-order valence-corrected chi connectivity index (χ4v) is 3.34. The van der Waals surface area contributed by atoms with Gasteiger partial charge in [0.25, 0.3) is 0 Å². The summed E-state index contributed by atoms with van der Waals surface area (Å²) in [6.45, 7) is 4.16. The topological polar surface area (TPSA) is 41.1 Å². The SMILES string of the molecule is Cc1ccccc1Nc1cc(-c2ccccc2)nc(N2CCCCC2)n1. The Kier molecular flexibility index (Phi) is 4.82. The summed E-state index contributed by atoms with van der Waals surface area (Å²) in [5.74, 6) is 1.66.